The van der Waals surface area contributed by atoms with E-state index in [1.807, 2.05) is 19.1 Å². The van der Waals surface area contributed by atoms with Gasteiger partial charge in [0.25, 0.3) is 0 Å². The van der Waals surface area contributed by atoms with Crippen LogP contribution in [0.3, 0.4) is 0 Å². The Morgan fingerprint density at radius 3 is 2.73 bits per heavy atom. The van der Waals surface area contributed by atoms with Crippen molar-refractivity contribution in [1.29, 1.82) is 0 Å². The maximum atomic E-state index is 13.3. The van der Waals surface area contributed by atoms with Gasteiger partial charge in [0.2, 0.25) is 0 Å². The quantitative estimate of drug-likeness (QED) is 0.663. The van der Waals surface area contributed by atoms with Crippen molar-refractivity contribution < 1.29 is 4.39 Å². The van der Waals surface area contributed by atoms with Gasteiger partial charge in [0.05, 0.1) is 0 Å². The Labute approximate surface area is 89.7 Å². The van der Waals surface area contributed by atoms with Crippen molar-refractivity contribution in [3.05, 3.63) is 54.0 Å². The van der Waals surface area contributed by atoms with Crippen LogP contribution in [0, 0.1) is 12.7 Å². The molecular weight excluding hydrogens is 189 g/mol. The van der Waals surface area contributed by atoms with Crippen molar-refractivity contribution in [2.75, 3.05) is 0 Å². The van der Waals surface area contributed by atoms with Gasteiger partial charge >= 0.3 is 0 Å². The van der Waals surface area contributed by atoms with Crippen molar-refractivity contribution in [1.82, 2.24) is 0 Å². The number of hydrogen-bond donors (Lipinski definition) is 0. The number of hydrogen-bond acceptors (Lipinski definition) is 1. The highest BCUT2D eigenvalue weighted by Gasteiger charge is 2.01. The Morgan fingerprint density at radius 2 is 2.20 bits per heavy atom. The summed E-state index contributed by atoms with van der Waals surface area (Å²) in [5.74, 6) is -0.196. The lowest BCUT2D eigenvalue weighted by Gasteiger charge is -2.03. The molecule has 0 heterocycles. The Balaban J connectivity index is 3.09. The topological polar surface area (TPSA) is 12.4 Å². The summed E-state index contributed by atoms with van der Waals surface area (Å²) in [5.41, 5.74) is 2.36. The van der Waals surface area contributed by atoms with E-state index in [2.05, 4.69) is 11.6 Å². The molecule has 0 N–H and O–H groups in total. The monoisotopic (exact) mass is 203 g/mol. The fraction of sp³-hybridized carbons (Fsp3) is 0.154. The van der Waals surface area contributed by atoms with Crippen molar-refractivity contribution in [2.24, 2.45) is 4.99 Å². The summed E-state index contributed by atoms with van der Waals surface area (Å²) in [7, 11) is 0. The third-order valence-electron chi connectivity index (χ3n) is 2.14. The minimum Gasteiger partial charge on any atom is -0.265 e. The van der Waals surface area contributed by atoms with Gasteiger partial charge < -0.3 is 0 Å². The molecule has 1 aromatic rings. The van der Waals surface area contributed by atoms with Crippen LogP contribution < -0.4 is 0 Å². The third kappa shape index (κ3) is 2.88. The zero-order valence-electron chi connectivity index (χ0n) is 9.00. The minimum atomic E-state index is -0.196. The molecule has 0 aromatic heterocycles. The van der Waals surface area contributed by atoms with Crippen LogP contribution in [0.2, 0.25) is 0 Å². The number of aliphatic imine (C=N–C) groups is 1. The van der Waals surface area contributed by atoms with Gasteiger partial charge in [0, 0.05) is 12.4 Å². The van der Waals surface area contributed by atoms with E-state index < -0.39 is 0 Å². The standard InChI is InChI=1S/C13H14FN/c1-4-11(9-15-5-2)12-7-6-10(3)13(14)8-12/h4-9H,2H2,1,3H3/b11-4+,15-9?. The summed E-state index contributed by atoms with van der Waals surface area (Å²) in [6.07, 6.45) is 5.00. The van der Waals surface area contributed by atoms with Gasteiger partial charge in [-0.25, -0.2) is 4.39 Å². The second kappa shape index (κ2) is 5.25. The Hall–Kier alpha value is -1.70. The van der Waals surface area contributed by atoms with Crippen molar-refractivity contribution >= 4 is 11.8 Å². The molecule has 78 valence electrons. The third-order valence-corrected chi connectivity index (χ3v) is 2.14. The maximum Gasteiger partial charge on any atom is 0.126 e. The molecule has 1 rings (SSSR count). The van der Waals surface area contributed by atoms with Gasteiger partial charge in [-0.3, -0.25) is 4.99 Å². The van der Waals surface area contributed by atoms with Crippen LogP contribution in [-0.4, -0.2) is 6.21 Å². The summed E-state index contributed by atoms with van der Waals surface area (Å²) in [6, 6.07) is 5.15. The molecule has 0 unspecified atom stereocenters. The molecule has 0 aliphatic heterocycles. The van der Waals surface area contributed by atoms with E-state index in [0.717, 1.165) is 11.1 Å². The Bertz CT molecular complexity index is 417. The second-order valence-corrected chi connectivity index (χ2v) is 3.17. The molecule has 0 radical (unpaired) electrons. The van der Waals surface area contributed by atoms with Gasteiger partial charge in [0.1, 0.15) is 5.82 Å². The molecule has 0 saturated heterocycles. The summed E-state index contributed by atoms with van der Waals surface area (Å²) in [5, 5.41) is 0. The molecular formula is C13H14FN. The Kier molecular flexibility index (Phi) is 3.98. The lowest BCUT2D eigenvalue weighted by atomic mass is 10.0. The molecule has 0 bridgehead atoms. The van der Waals surface area contributed by atoms with Crippen LogP contribution in [0.5, 0.6) is 0 Å². The van der Waals surface area contributed by atoms with Crippen molar-refractivity contribution in [3.63, 3.8) is 0 Å². The van der Waals surface area contributed by atoms with E-state index in [9.17, 15) is 4.39 Å². The highest BCUT2D eigenvalue weighted by atomic mass is 19.1. The highest BCUT2D eigenvalue weighted by Crippen LogP contribution is 2.16. The number of rotatable bonds is 3. The first-order chi connectivity index (χ1) is 7.19. The molecule has 0 atom stereocenters. The number of halogens is 1. The van der Waals surface area contributed by atoms with Crippen LogP contribution in [0.4, 0.5) is 4.39 Å². The van der Waals surface area contributed by atoms with Crippen LogP contribution >= 0.6 is 0 Å². The van der Waals surface area contributed by atoms with Gasteiger partial charge in [-0.1, -0.05) is 24.8 Å². The molecule has 0 saturated carbocycles. The highest BCUT2D eigenvalue weighted by molar-refractivity contribution is 6.09. The first kappa shape index (κ1) is 11.4. The molecule has 0 amide bonds. The number of allylic oxidation sites excluding steroid dienone is 2. The molecule has 0 spiro atoms. The average molecular weight is 203 g/mol. The minimum absolute atomic E-state index is 0.196. The van der Waals surface area contributed by atoms with E-state index in [1.54, 1.807) is 19.2 Å². The van der Waals surface area contributed by atoms with Gasteiger partial charge in [-0.2, -0.15) is 0 Å². The lowest BCUT2D eigenvalue weighted by Crippen LogP contribution is -1.89. The van der Waals surface area contributed by atoms with Gasteiger partial charge in [-0.05, 0) is 36.6 Å². The molecule has 0 aliphatic rings. The van der Waals surface area contributed by atoms with E-state index in [-0.39, 0.29) is 5.82 Å². The fourth-order valence-electron chi connectivity index (χ4n) is 1.22. The van der Waals surface area contributed by atoms with E-state index in [1.165, 1.54) is 12.3 Å². The smallest absolute Gasteiger partial charge is 0.126 e. The average Bonchev–Trinajstić information content (AvgIpc) is 2.24. The number of benzene rings is 1. The summed E-state index contributed by atoms with van der Waals surface area (Å²) in [6.45, 7) is 7.13. The van der Waals surface area contributed by atoms with Crippen molar-refractivity contribution in [2.45, 2.75) is 13.8 Å². The Morgan fingerprint density at radius 1 is 1.47 bits per heavy atom. The first-order valence-electron chi connectivity index (χ1n) is 4.76. The number of nitrogens with zero attached hydrogens (tertiary/aromatic N) is 1. The van der Waals surface area contributed by atoms with Crippen molar-refractivity contribution in [3.8, 4) is 0 Å². The zero-order chi connectivity index (χ0) is 11.3. The second-order valence-electron chi connectivity index (χ2n) is 3.17. The molecule has 1 aromatic carbocycles. The predicted octanol–water partition coefficient (Wildman–Crippen LogP) is 3.75. The SMILES string of the molecule is C=CN=C/C(=C\C)c1ccc(C)c(F)c1. The maximum absolute atomic E-state index is 13.3. The summed E-state index contributed by atoms with van der Waals surface area (Å²) < 4.78 is 13.3. The zero-order valence-corrected chi connectivity index (χ0v) is 9.00. The molecule has 15 heavy (non-hydrogen) atoms. The molecule has 1 nitrogen and oxygen atoms in total. The van der Waals surface area contributed by atoms with E-state index in [0.29, 0.717) is 5.56 Å². The predicted molar refractivity (Wildman–Crippen MR) is 63.5 cm³/mol. The lowest BCUT2D eigenvalue weighted by molar-refractivity contribution is 0.618. The van der Waals surface area contributed by atoms with Crippen LogP contribution in [0.15, 0.2) is 42.0 Å². The van der Waals surface area contributed by atoms with Crippen LogP contribution in [-0.2, 0) is 0 Å². The van der Waals surface area contributed by atoms with Crippen LogP contribution in [0.25, 0.3) is 5.57 Å². The van der Waals surface area contributed by atoms with Gasteiger partial charge in [-0.15, -0.1) is 0 Å². The summed E-state index contributed by atoms with van der Waals surface area (Å²) in [4.78, 5) is 3.92. The van der Waals surface area contributed by atoms with Crippen LogP contribution in [0.1, 0.15) is 18.1 Å². The molecule has 0 fully saturated rings. The molecule has 2 heteroatoms. The normalized spacial score (nSPS) is 12.1. The van der Waals surface area contributed by atoms with E-state index in [4.69, 9.17) is 0 Å². The fourth-order valence-corrected chi connectivity index (χ4v) is 1.22. The van der Waals surface area contributed by atoms with Gasteiger partial charge in [0.15, 0.2) is 0 Å². The summed E-state index contributed by atoms with van der Waals surface area (Å²) >= 11 is 0. The largest absolute Gasteiger partial charge is 0.265 e. The van der Waals surface area contributed by atoms with E-state index >= 15 is 0 Å². The number of aryl methyl sites for hydroxylation is 1. The molecule has 0 aliphatic carbocycles. The first-order valence-corrected chi connectivity index (χ1v) is 4.76.